The van der Waals surface area contributed by atoms with Crippen molar-refractivity contribution in [1.82, 2.24) is 9.88 Å². The Morgan fingerprint density at radius 2 is 2.21 bits per heavy atom. The SMILES string of the molecule is COCC(Cl)CN(C)Cc1ccc2ncccc2c1. The zero-order chi connectivity index (χ0) is 13.7. The van der Waals surface area contributed by atoms with Crippen molar-refractivity contribution in [2.24, 2.45) is 0 Å². The molecule has 1 unspecified atom stereocenters. The molecule has 1 atom stereocenters. The van der Waals surface area contributed by atoms with Crippen molar-refractivity contribution in [2.75, 3.05) is 27.3 Å². The Kier molecular flexibility index (Phi) is 5.14. The Labute approximate surface area is 119 Å². The molecule has 3 nitrogen and oxygen atoms in total. The second-order valence-electron chi connectivity index (χ2n) is 4.78. The molecule has 0 saturated heterocycles. The first-order valence-electron chi connectivity index (χ1n) is 6.34. The number of nitrogens with zero attached hydrogens (tertiary/aromatic N) is 2. The fourth-order valence-corrected chi connectivity index (χ4v) is 2.53. The van der Waals surface area contributed by atoms with Gasteiger partial charge in [-0.2, -0.15) is 0 Å². The average molecular weight is 279 g/mol. The normalized spacial score (nSPS) is 13.1. The predicted octanol–water partition coefficient (Wildman–Crippen LogP) is 2.92. The van der Waals surface area contributed by atoms with Gasteiger partial charge in [-0.15, -0.1) is 11.6 Å². The van der Waals surface area contributed by atoms with E-state index in [4.69, 9.17) is 16.3 Å². The summed E-state index contributed by atoms with van der Waals surface area (Å²) in [6.45, 7) is 2.26. The lowest BCUT2D eigenvalue weighted by Gasteiger charge is -2.19. The lowest BCUT2D eigenvalue weighted by atomic mass is 10.1. The number of alkyl halides is 1. The van der Waals surface area contributed by atoms with Crippen molar-refractivity contribution in [3.05, 3.63) is 42.1 Å². The minimum atomic E-state index is 0.0251. The molecule has 1 aromatic heterocycles. The number of fused-ring (bicyclic) bond motifs is 1. The van der Waals surface area contributed by atoms with Crippen molar-refractivity contribution in [1.29, 1.82) is 0 Å². The Hall–Kier alpha value is -1.16. The molecule has 0 bridgehead atoms. The number of hydrogen-bond acceptors (Lipinski definition) is 3. The van der Waals surface area contributed by atoms with Crippen LogP contribution in [-0.4, -0.2) is 42.6 Å². The molecule has 0 saturated carbocycles. The summed E-state index contributed by atoms with van der Waals surface area (Å²) in [4.78, 5) is 6.53. The molecule has 19 heavy (non-hydrogen) atoms. The van der Waals surface area contributed by atoms with Gasteiger partial charge in [-0.25, -0.2) is 0 Å². The molecule has 1 heterocycles. The number of halogens is 1. The predicted molar refractivity (Wildman–Crippen MR) is 79.6 cm³/mol. The number of pyridine rings is 1. The van der Waals surface area contributed by atoms with Gasteiger partial charge < -0.3 is 9.64 Å². The van der Waals surface area contributed by atoms with Crippen LogP contribution in [0.1, 0.15) is 5.56 Å². The van der Waals surface area contributed by atoms with Crippen molar-refractivity contribution in [3.8, 4) is 0 Å². The summed E-state index contributed by atoms with van der Waals surface area (Å²) in [6.07, 6.45) is 1.82. The number of methoxy groups -OCH3 is 1. The molecule has 0 aliphatic heterocycles. The van der Waals surface area contributed by atoms with E-state index in [-0.39, 0.29) is 5.38 Å². The smallest absolute Gasteiger partial charge is 0.0702 e. The standard InChI is InChI=1S/C15H19ClN2O/c1-18(10-14(16)11-19-2)9-12-5-6-15-13(8-12)4-3-7-17-15/h3-8,14H,9-11H2,1-2H3. The molecule has 0 aliphatic rings. The van der Waals surface area contributed by atoms with Crippen LogP contribution in [0.2, 0.25) is 0 Å². The fourth-order valence-electron chi connectivity index (χ4n) is 2.17. The van der Waals surface area contributed by atoms with Crippen LogP contribution in [-0.2, 0) is 11.3 Å². The van der Waals surface area contributed by atoms with Crippen LogP contribution in [0.15, 0.2) is 36.5 Å². The number of rotatable bonds is 6. The number of hydrogen-bond donors (Lipinski definition) is 0. The number of benzene rings is 1. The summed E-state index contributed by atoms with van der Waals surface area (Å²) in [5, 5.41) is 1.20. The van der Waals surface area contributed by atoms with E-state index in [9.17, 15) is 0 Å². The third-order valence-corrected chi connectivity index (χ3v) is 3.24. The summed E-state index contributed by atoms with van der Waals surface area (Å²) >= 11 is 6.16. The molecule has 0 aliphatic carbocycles. The Morgan fingerprint density at radius 1 is 1.37 bits per heavy atom. The van der Waals surface area contributed by atoms with Gasteiger partial charge in [0, 0.05) is 31.8 Å². The van der Waals surface area contributed by atoms with Gasteiger partial charge in [-0.05, 0) is 30.8 Å². The third-order valence-electron chi connectivity index (χ3n) is 2.98. The van der Waals surface area contributed by atoms with E-state index >= 15 is 0 Å². The van der Waals surface area contributed by atoms with Gasteiger partial charge in [0.25, 0.3) is 0 Å². The van der Waals surface area contributed by atoms with Crippen LogP contribution >= 0.6 is 11.6 Å². The van der Waals surface area contributed by atoms with E-state index in [1.165, 1.54) is 10.9 Å². The molecule has 0 amide bonds. The van der Waals surface area contributed by atoms with Crippen molar-refractivity contribution >= 4 is 22.5 Å². The van der Waals surface area contributed by atoms with E-state index in [1.54, 1.807) is 7.11 Å². The Morgan fingerprint density at radius 3 is 3.00 bits per heavy atom. The fraction of sp³-hybridized carbons (Fsp3) is 0.400. The van der Waals surface area contributed by atoms with Crippen molar-refractivity contribution in [3.63, 3.8) is 0 Å². The lowest BCUT2D eigenvalue weighted by Crippen LogP contribution is -2.28. The van der Waals surface area contributed by atoms with E-state index in [2.05, 4.69) is 41.2 Å². The van der Waals surface area contributed by atoms with Crippen LogP contribution in [0.5, 0.6) is 0 Å². The van der Waals surface area contributed by atoms with E-state index in [0.29, 0.717) is 6.61 Å². The lowest BCUT2D eigenvalue weighted by molar-refractivity contribution is 0.181. The van der Waals surface area contributed by atoms with Crippen LogP contribution in [0.25, 0.3) is 10.9 Å². The van der Waals surface area contributed by atoms with Gasteiger partial charge in [-0.1, -0.05) is 12.1 Å². The summed E-state index contributed by atoms with van der Waals surface area (Å²) in [7, 11) is 3.74. The third kappa shape index (κ3) is 4.16. The minimum Gasteiger partial charge on any atom is -0.383 e. The Balaban J connectivity index is 2.00. The maximum atomic E-state index is 6.16. The number of ether oxygens (including phenoxy) is 1. The van der Waals surface area contributed by atoms with Crippen LogP contribution in [0.3, 0.4) is 0 Å². The first kappa shape index (κ1) is 14.3. The van der Waals surface area contributed by atoms with Gasteiger partial charge in [-0.3, -0.25) is 4.98 Å². The molecule has 1 aromatic carbocycles. The maximum absolute atomic E-state index is 6.16. The summed E-state index contributed by atoms with van der Waals surface area (Å²) in [6, 6.07) is 10.4. The monoisotopic (exact) mass is 278 g/mol. The maximum Gasteiger partial charge on any atom is 0.0702 e. The van der Waals surface area contributed by atoms with E-state index < -0.39 is 0 Å². The van der Waals surface area contributed by atoms with Gasteiger partial charge in [0.1, 0.15) is 0 Å². The molecule has 0 spiro atoms. The topological polar surface area (TPSA) is 25.4 Å². The molecule has 0 N–H and O–H groups in total. The highest BCUT2D eigenvalue weighted by atomic mass is 35.5. The van der Waals surface area contributed by atoms with Crippen molar-refractivity contribution in [2.45, 2.75) is 11.9 Å². The summed E-state index contributed by atoms with van der Waals surface area (Å²) in [5.41, 5.74) is 2.30. The molecule has 4 heteroatoms. The zero-order valence-electron chi connectivity index (χ0n) is 11.3. The molecular formula is C15H19ClN2O. The largest absolute Gasteiger partial charge is 0.383 e. The first-order chi connectivity index (χ1) is 9.19. The highest BCUT2D eigenvalue weighted by Gasteiger charge is 2.08. The highest BCUT2D eigenvalue weighted by molar-refractivity contribution is 6.20. The van der Waals surface area contributed by atoms with Gasteiger partial charge in [0.2, 0.25) is 0 Å². The average Bonchev–Trinajstić information content (AvgIpc) is 2.38. The molecular weight excluding hydrogens is 260 g/mol. The first-order valence-corrected chi connectivity index (χ1v) is 6.78. The van der Waals surface area contributed by atoms with Gasteiger partial charge in [0.15, 0.2) is 0 Å². The van der Waals surface area contributed by atoms with Crippen LogP contribution in [0.4, 0.5) is 0 Å². The van der Waals surface area contributed by atoms with E-state index in [1.807, 2.05) is 12.3 Å². The zero-order valence-corrected chi connectivity index (χ0v) is 12.1. The summed E-state index contributed by atoms with van der Waals surface area (Å²) < 4.78 is 5.05. The van der Waals surface area contributed by atoms with Crippen LogP contribution < -0.4 is 0 Å². The molecule has 0 radical (unpaired) electrons. The van der Waals surface area contributed by atoms with E-state index in [0.717, 1.165) is 18.6 Å². The molecule has 2 rings (SSSR count). The molecule has 0 fully saturated rings. The van der Waals surface area contributed by atoms with Crippen LogP contribution in [0, 0.1) is 0 Å². The highest BCUT2D eigenvalue weighted by Crippen LogP contribution is 2.14. The molecule has 102 valence electrons. The van der Waals surface area contributed by atoms with Crippen molar-refractivity contribution < 1.29 is 4.74 Å². The van der Waals surface area contributed by atoms with Gasteiger partial charge in [0.05, 0.1) is 17.5 Å². The summed E-state index contributed by atoms with van der Waals surface area (Å²) in [5.74, 6) is 0. The molecule has 2 aromatic rings. The second kappa shape index (κ2) is 6.85. The van der Waals surface area contributed by atoms with Gasteiger partial charge >= 0.3 is 0 Å². The quantitative estimate of drug-likeness (QED) is 0.760. The second-order valence-corrected chi connectivity index (χ2v) is 5.40. The minimum absolute atomic E-state index is 0.0251. The number of aromatic nitrogens is 1. The Bertz CT molecular complexity index is 532.